The van der Waals surface area contributed by atoms with Gasteiger partial charge in [-0.3, -0.25) is 14.4 Å². The third-order valence-corrected chi connectivity index (χ3v) is 2.52. The van der Waals surface area contributed by atoms with E-state index in [4.69, 9.17) is 10.2 Å². The van der Waals surface area contributed by atoms with Crippen LogP contribution in [-0.4, -0.2) is 58.0 Å². The van der Waals surface area contributed by atoms with Crippen LogP contribution in [0.4, 0.5) is 0 Å². The Labute approximate surface area is 103 Å². The number of carboxylic acid groups (broad SMARTS) is 2. The Hall–Kier alpha value is -2.12. The summed E-state index contributed by atoms with van der Waals surface area (Å²) >= 11 is 0. The molecule has 1 fully saturated rings. The molecular formula is C10H14N2O6. The van der Waals surface area contributed by atoms with Gasteiger partial charge in [0.1, 0.15) is 6.04 Å². The number of carbonyl (C=O) groups is 4. The average Bonchev–Trinajstić information content (AvgIpc) is 2.62. The first-order valence-electron chi connectivity index (χ1n) is 5.42. The summed E-state index contributed by atoms with van der Waals surface area (Å²) in [6.07, 6.45) is 0.351. The number of nitrogens with one attached hydrogen (secondary N) is 1. The van der Waals surface area contributed by atoms with Crippen molar-refractivity contribution < 1.29 is 29.4 Å². The molecule has 1 atom stereocenters. The number of carboxylic acids is 2. The van der Waals surface area contributed by atoms with Crippen LogP contribution in [0.25, 0.3) is 0 Å². The molecule has 0 unspecified atom stereocenters. The van der Waals surface area contributed by atoms with Gasteiger partial charge < -0.3 is 20.4 Å². The van der Waals surface area contributed by atoms with Gasteiger partial charge in [-0.05, 0) is 6.42 Å². The summed E-state index contributed by atoms with van der Waals surface area (Å²) < 4.78 is 0. The number of hydrogen-bond acceptors (Lipinski definition) is 4. The maximum atomic E-state index is 11.5. The lowest BCUT2D eigenvalue weighted by Crippen LogP contribution is -2.46. The lowest BCUT2D eigenvalue weighted by atomic mass is 10.2. The van der Waals surface area contributed by atoms with Crippen molar-refractivity contribution in [2.24, 2.45) is 0 Å². The van der Waals surface area contributed by atoms with Crippen LogP contribution < -0.4 is 5.32 Å². The second-order valence-corrected chi connectivity index (χ2v) is 3.98. The summed E-state index contributed by atoms with van der Waals surface area (Å²) in [7, 11) is 0. The number of aliphatic carboxylic acids is 2. The number of nitrogens with zero attached hydrogens (tertiary/aromatic N) is 1. The third kappa shape index (κ3) is 4.04. The summed E-state index contributed by atoms with van der Waals surface area (Å²) in [5.41, 5.74) is 0. The molecule has 3 N–H and O–H groups in total. The maximum Gasteiger partial charge on any atom is 0.326 e. The van der Waals surface area contributed by atoms with Gasteiger partial charge in [0.05, 0.1) is 13.0 Å². The van der Waals surface area contributed by atoms with Gasteiger partial charge in [0, 0.05) is 13.0 Å². The van der Waals surface area contributed by atoms with Crippen molar-refractivity contribution in [3.05, 3.63) is 0 Å². The van der Waals surface area contributed by atoms with Crippen LogP contribution in [-0.2, 0) is 19.2 Å². The molecule has 0 aliphatic carbocycles. The molecule has 1 aliphatic rings. The van der Waals surface area contributed by atoms with Crippen molar-refractivity contribution in [1.29, 1.82) is 0 Å². The highest BCUT2D eigenvalue weighted by Gasteiger charge is 2.26. The van der Waals surface area contributed by atoms with E-state index in [1.165, 1.54) is 4.90 Å². The molecule has 2 amide bonds. The Balaban J connectivity index is 2.48. The minimum Gasteiger partial charge on any atom is -0.481 e. The van der Waals surface area contributed by atoms with Crippen LogP contribution in [0.15, 0.2) is 0 Å². The fourth-order valence-electron chi connectivity index (χ4n) is 1.66. The number of hydrogen-bond donors (Lipinski definition) is 3. The van der Waals surface area contributed by atoms with Crippen molar-refractivity contribution in [2.45, 2.75) is 25.3 Å². The smallest absolute Gasteiger partial charge is 0.326 e. The summed E-state index contributed by atoms with van der Waals surface area (Å²) in [6, 6.07) is -1.48. The Morgan fingerprint density at radius 2 is 2.00 bits per heavy atom. The van der Waals surface area contributed by atoms with Gasteiger partial charge in [-0.25, -0.2) is 4.79 Å². The minimum atomic E-state index is -1.48. The van der Waals surface area contributed by atoms with Crippen LogP contribution in [0, 0.1) is 0 Å². The molecule has 1 rings (SSSR count). The SMILES string of the molecule is O=C(O)C[C@H](NC(=O)CN1CCCC1=O)C(=O)O. The molecule has 8 nitrogen and oxygen atoms in total. The molecule has 18 heavy (non-hydrogen) atoms. The Kier molecular flexibility index (Phi) is 4.64. The molecule has 100 valence electrons. The second kappa shape index (κ2) is 5.99. The van der Waals surface area contributed by atoms with Crippen molar-refractivity contribution >= 4 is 23.8 Å². The molecule has 1 aliphatic heterocycles. The van der Waals surface area contributed by atoms with Crippen LogP contribution in [0.5, 0.6) is 0 Å². The van der Waals surface area contributed by atoms with E-state index >= 15 is 0 Å². The second-order valence-electron chi connectivity index (χ2n) is 3.98. The quantitative estimate of drug-likeness (QED) is 0.541. The Morgan fingerprint density at radius 1 is 1.33 bits per heavy atom. The molecule has 0 aromatic heterocycles. The van der Waals surface area contributed by atoms with Gasteiger partial charge in [-0.15, -0.1) is 0 Å². The van der Waals surface area contributed by atoms with E-state index in [2.05, 4.69) is 5.32 Å². The molecule has 0 bridgehead atoms. The van der Waals surface area contributed by atoms with E-state index in [9.17, 15) is 19.2 Å². The van der Waals surface area contributed by atoms with Crippen molar-refractivity contribution in [3.63, 3.8) is 0 Å². The van der Waals surface area contributed by atoms with Crippen molar-refractivity contribution in [3.8, 4) is 0 Å². The van der Waals surface area contributed by atoms with E-state index < -0.39 is 30.3 Å². The molecule has 1 saturated heterocycles. The summed E-state index contributed by atoms with van der Waals surface area (Å²) in [4.78, 5) is 45.2. The first-order chi connectivity index (χ1) is 8.40. The minimum absolute atomic E-state index is 0.157. The first kappa shape index (κ1) is 13.9. The topological polar surface area (TPSA) is 124 Å². The standard InChI is InChI=1S/C10H14N2O6/c13-7(5-12-3-1-2-8(12)14)11-6(10(17)18)4-9(15)16/h6H,1-5H2,(H,11,13)(H,15,16)(H,17,18)/t6-/m0/s1. The first-order valence-corrected chi connectivity index (χ1v) is 5.42. The lowest BCUT2D eigenvalue weighted by molar-refractivity contribution is -0.147. The summed E-state index contributed by atoms with van der Waals surface area (Å²) in [6.45, 7) is 0.227. The number of carbonyl (C=O) groups excluding carboxylic acids is 2. The van der Waals surface area contributed by atoms with Gasteiger partial charge in [0.2, 0.25) is 11.8 Å². The predicted molar refractivity (Wildman–Crippen MR) is 57.6 cm³/mol. The number of likely N-dealkylation sites (tertiary alicyclic amines) is 1. The largest absolute Gasteiger partial charge is 0.481 e. The highest BCUT2D eigenvalue weighted by molar-refractivity contribution is 5.90. The molecule has 8 heteroatoms. The highest BCUT2D eigenvalue weighted by Crippen LogP contribution is 2.08. The van der Waals surface area contributed by atoms with Crippen molar-refractivity contribution in [1.82, 2.24) is 10.2 Å². The van der Waals surface area contributed by atoms with Gasteiger partial charge in [-0.2, -0.15) is 0 Å². The number of amides is 2. The van der Waals surface area contributed by atoms with Crippen molar-refractivity contribution in [2.75, 3.05) is 13.1 Å². The average molecular weight is 258 g/mol. The van der Waals surface area contributed by atoms with Gasteiger partial charge >= 0.3 is 11.9 Å². The van der Waals surface area contributed by atoms with E-state index in [0.29, 0.717) is 19.4 Å². The maximum absolute atomic E-state index is 11.5. The van der Waals surface area contributed by atoms with Crippen LogP contribution in [0.1, 0.15) is 19.3 Å². The molecule has 0 saturated carbocycles. The lowest BCUT2D eigenvalue weighted by Gasteiger charge is -2.17. The molecular weight excluding hydrogens is 244 g/mol. The zero-order chi connectivity index (χ0) is 13.7. The summed E-state index contributed by atoms with van der Waals surface area (Å²) in [5.74, 6) is -3.56. The predicted octanol–water partition coefficient (Wildman–Crippen LogP) is -1.35. The highest BCUT2D eigenvalue weighted by atomic mass is 16.4. The third-order valence-electron chi connectivity index (χ3n) is 2.52. The molecule has 0 aromatic carbocycles. The molecule has 0 spiro atoms. The van der Waals surface area contributed by atoms with E-state index in [-0.39, 0.29) is 12.5 Å². The monoisotopic (exact) mass is 258 g/mol. The number of rotatable bonds is 6. The summed E-state index contributed by atoms with van der Waals surface area (Å²) in [5, 5.41) is 19.3. The van der Waals surface area contributed by atoms with Gasteiger partial charge in [0.15, 0.2) is 0 Å². The molecule has 0 radical (unpaired) electrons. The normalized spacial score (nSPS) is 16.4. The van der Waals surface area contributed by atoms with Gasteiger partial charge in [0.25, 0.3) is 0 Å². The van der Waals surface area contributed by atoms with Crippen LogP contribution in [0.3, 0.4) is 0 Å². The Morgan fingerprint density at radius 3 is 2.44 bits per heavy atom. The fourth-order valence-corrected chi connectivity index (χ4v) is 1.66. The fraction of sp³-hybridized carbons (Fsp3) is 0.600. The van der Waals surface area contributed by atoms with E-state index in [0.717, 1.165) is 0 Å². The molecule has 0 aromatic rings. The van der Waals surface area contributed by atoms with Crippen LogP contribution >= 0.6 is 0 Å². The zero-order valence-electron chi connectivity index (χ0n) is 9.59. The van der Waals surface area contributed by atoms with Gasteiger partial charge in [-0.1, -0.05) is 0 Å². The zero-order valence-corrected chi connectivity index (χ0v) is 9.59. The van der Waals surface area contributed by atoms with E-state index in [1.807, 2.05) is 0 Å². The Bertz CT molecular complexity index is 381. The van der Waals surface area contributed by atoms with Crippen LogP contribution in [0.2, 0.25) is 0 Å². The van der Waals surface area contributed by atoms with E-state index in [1.54, 1.807) is 0 Å². The molecule has 1 heterocycles.